The molecule has 4 heteroatoms. The molecule has 0 radical (unpaired) electrons. The van der Waals surface area contributed by atoms with Gasteiger partial charge in [0.25, 0.3) is 0 Å². The first-order valence-electron chi connectivity index (χ1n) is 7.62. The summed E-state index contributed by atoms with van der Waals surface area (Å²) in [5, 5.41) is 3.58. The van der Waals surface area contributed by atoms with Gasteiger partial charge in [0.05, 0.1) is 11.6 Å². The van der Waals surface area contributed by atoms with Crippen molar-refractivity contribution in [3.05, 3.63) is 26.6 Å². The van der Waals surface area contributed by atoms with Crippen molar-refractivity contribution >= 4 is 31.9 Å². The molecule has 120 valence electrons. The second-order valence-electron chi connectivity index (χ2n) is 6.30. The first kappa shape index (κ1) is 19.0. The largest absolute Gasteiger partial charge is 0.495 e. The lowest BCUT2D eigenvalue weighted by Gasteiger charge is -2.25. The zero-order valence-electron chi connectivity index (χ0n) is 13.6. The Morgan fingerprint density at radius 2 is 1.90 bits per heavy atom. The maximum Gasteiger partial charge on any atom is 0.137 e. The van der Waals surface area contributed by atoms with Crippen LogP contribution in [0.4, 0.5) is 0 Å². The maximum absolute atomic E-state index is 5.49. The van der Waals surface area contributed by atoms with Crippen LogP contribution in [-0.2, 0) is 6.54 Å². The van der Waals surface area contributed by atoms with Gasteiger partial charge in [0.2, 0.25) is 0 Å². The fraction of sp³-hybridized carbons (Fsp3) is 0.647. The standard InChI is InChI=1S/C17H27Br2NO/c1-5-6-7-8-17(2,3)12-20-11-13-9-14(18)10-15(19)16(13)21-4/h9-10,20H,5-8,11-12H2,1-4H3. The molecular weight excluding hydrogens is 394 g/mol. The van der Waals surface area contributed by atoms with Crippen LogP contribution in [-0.4, -0.2) is 13.7 Å². The van der Waals surface area contributed by atoms with Gasteiger partial charge in [-0.1, -0.05) is 56.0 Å². The number of unbranched alkanes of at least 4 members (excludes halogenated alkanes) is 2. The lowest BCUT2D eigenvalue weighted by atomic mass is 9.87. The molecule has 0 atom stereocenters. The second kappa shape index (κ2) is 9.16. The van der Waals surface area contributed by atoms with Crippen LogP contribution in [0, 0.1) is 5.41 Å². The first-order valence-corrected chi connectivity index (χ1v) is 9.21. The molecule has 0 saturated carbocycles. The van der Waals surface area contributed by atoms with Gasteiger partial charge in [0.15, 0.2) is 0 Å². The fourth-order valence-corrected chi connectivity index (χ4v) is 3.93. The Balaban J connectivity index is 2.55. The highest BCUT2D eigenvalue weighted by Crippen LogP contribution is 2.32. The number of methoxy groups -OCH3 is 1. The summed E-state index contributed by atoms with van der Waals surface area (Å²) in [4.78, 5) is 0. The van der Waals surface area contributed by atoms with Crippen LogP contribution >= 0.6 is 31.9 Å². The predicted molar refractivity (Wildman–Crippen MR) is 98.0 cm³/mol. The number of halogens is 2. The second-order valence-corrected chi connectivity index (χ2v) is 8.07. The Bertz CT molecular complexity index is 447. The molecule has 0 aromatic heterocycles. The third-order valence-corrected chi connectivity index (χ3v) is 4.71. The van der Waals surface area contributed by atoms with Gasteiger partial charge in [-0.3, -0.25) is 0 Å². The Morgan fingerprint density at radius 3 is 2.52 bits per heavy atom. The molecule has 2 nitrogen and oxygen atoms in total. The molecule has 0 heterocycles. The van der Waals surface area contributed by atoms with Crippen LogP contribution in [0.25, 0.3) is 0 Å². The quantitative estimate of drug-likeness (QED) is 0.500. The van der Waals surface area contributed by atoms with Crippen LogP contribution in [0.15, 0.2) is 21.1 Å². The van der Waals surface area contributed by atoms with Crippen molar-refractivity contribution in [1.29, 1.82) is 0 Å². The molecule has 0 spiro atoms. The van der Waals surface area contributed by atoms with Gasteiger partial charge >= 0.3 is 0 Å². The van der Waals surface area contributed by atoms with Crippen LogP contribution in [0.2, 0.25) is 0 Å². The molecule has 0 saturated heterocycles. The zero-order valence-corrected chi connectivity index (χ0v) is 16.7. The molecule has 0 aliphatic heterocycles. The van der Waals surface area contributed by atoms with Crippen LogP contribution in [0.5, 0.6) is 5.75 Å². The number of hydrogen-bond acceptors (Lipinski definition) is 2. The third-order valence-electron chi connectivity index (χ3n) is 3.67. The van der Waals surface area contributed by atoms with Crippen molar-refractivity contribution in [2.24, 2.45) is 5.41 Å². The summed E-state index contributed by atoms with van der Waals surface area (Å²) in [7, 11) is 1.71. The topological polar surface area (TPSA) is 21.3 Å². The van der Waals surface area contributed by atoms with Gasteiger partial charge in [-0.05, 0) is 39.9 Å². The molecule has 0 bridgehead atoms. The number of rotatable bonds is 9. The first-order chi connectivity index (χ1) is 9.89. The van der Waals surface area contributed by atoms with Crippen LogP contribution < -0.4 is 10.1 Å². The highest BCUT2D eigenvalue weighted by atomic mass is 79.9. The number of nitrogens with one attached hydrogen (secondary N) is 1. The molecule has 1 N–H and O–H groups in total. The highest BCUT2D eigenvalue weighted by Gasteiger charge is 2.17. The molecule has 0 aliphatic carbocycles. The minimum absolute atomic E-state index is 0.339. The average Bonchev–Trinajstić information content (AvgIpc) is 2.38. The summed E-state index contributed by atoms with van der Waals surface area (Å²) in [6.07, 6.45) is 5.20. The van der Waals surface area contributed by atoms with Crippen molar-refractivity contribution in [2.45, 2.75) is 53.0 Å². The monoisotopic (exact) mass is 419 g/mol. The van der Waals surface area contributed by atoms with Gasteiger partial charge in [-0.15, -0.1) is 0 Å². The normalized spacial score (nSPS) is 11.7. The van der Waals surface area contributed by atoms with Crippen molar-refractivity contribution in [1.82, 2.24) is 5.32 Å². The van der Waals surface area contributed by atoms with Gasteiger partial charge in [0, 0.05) is 23.1 Å². The van der Waals surface area contributed by atoms with E-state index in [1.54, 1.807) is 7.11 Å². The van der Waals surface area contributed by atoms with E-state index in [1.165, 1.54) is 31.2 Å². The molecule has 1 aromatic rings. The van der Waals surface area contributed by atoms with Crippen molar-refractivity contribution in [3.63, 3.8) is 0 Å². The van der Waals surface area contributed by atoms with Crippen molar-refractivity contribution in [3.8, 4) is 5.75 Å². The number of hydrogen-bond donors (Lipinski definition) is 1. The van der Waals surface area contributed by atoms with Crippen LogP contribution in [0.1, 0.15) is 52.0 Å². The van der Waals surface area contributed by atoms with E-state index in [0.717, 1.165) is 27.8 Å². The lowest BCUT2D eigenvalue weighted by Crippen LogP contribution is -2.29. The summed E-state index contributed by atoms with van der Waals surface area (Å²) in [6, 6.07) is 4.12. The average molecular weight is 421 g/mol. The van der Waals surface area contributed by atoms with E-state index < -0.39 is 0 Å². The van der Waals surface area contributed by atoms with Gasteiger partial charge in [-0.25, -0.2) is 0 Å². The number of ether oxygens (including phenoxy) is 1. The lowest BCUT2D eigenvalue weighted by molar-refractivity contribution is 0.300. The fourth-order valence-electron chi connectivity index (χ4n) is 2.45. The summed E-state index contributed by atoms with van der Waals surface area (Å²) in [5.74, 6) is 0.912. The summed E-state index contributed by atoms with van der Waals surface area (Å²) in [6.45, 7) is 8.76. The van der Waals surface area contributed by atoms with E-state index in [0.29, 0.717) is 5.41 Å². The number of benzene rings is 1. The Hall–Kier alpha value is -0.0600. The minimum atomic E-state index is 0.339. The third kappa shape index (κ3) is 6.70. The highest BCUT2D eigenvalue weighted by molar-refractivity contribution is 9.11. The van der Waals surface area contributed by atoms with Crippen LogP contribution in [0.3, 0.4) is 0 Å². The Labute approximate surface area is 146 Å². The van der Waals surface area contributed by atoms with E-state index in [1.807, 2.05) is 6.07 Å². The molecule has 0 unspecified atom stereocenters. The van der Waals surface area contributed by atoms with Gasteiger partial charge < -0.3 is 10.1 Å². The molecule has 0 aliphatic rings. The van der Waals surface area contributed by atoms with E-state index in [-0.39, 0.29) is 0 Å². The van der Waals surface area contributed by atoms with E-state index in [4.69, 9.17) is 4.74 Å². The van der Waals surface area contributed by atoms with Crippen molar-refractivity contribution < 1.29 is 4.74 Å². The smallest absolute Gasteiger partial charge is 0.137 e. The summed E-state index contributed by atoms with van der Waals surface area (Å²) < 4.78 is 7.53. The summed E-state index contributed by atoms with van der Waals surface area (Å²) in [5.41, 5.74) is 1.51. The Kier molecular flexibility index (Phi) is 8.28. The SMILES string of the molecule is CCCCCC(C)(C)CNCc1cc(Br)cc(Br)c1OC. The zero-order chi connectivity index (χ0) is 15.9. The van der Waals surface area contributed by atoms with Gasteiger partial charge in [0.1, 0.15) is 5.75 Å². The molecule has 21 heavy (non-hydrogen) atoms. The van der Waals surface area contributed by atoms with Crippen molar-refractivity contribution in [2.75, 3.05) is 13.7 Å². The molecule has 1 rings (SSSR count). The van der Waals surface area contributed by atoms with E-state index in [9.17, 15) is 0 Å². The van der Waals surface area contributed by atoms with E-state index >= 15 is 0 Å². The molecule has 0 amide bonds. The minimum Gasteiger partial charge on any atom is -0.495 e. The maximum atomic E-state index is 5.49. The summed E-state index contributed by atoms with van der Waals surface area (Å²) >= 11 is 7.09. The van der Waals surface area contributed by atoms with E-state index in [2.05, 4.69) is 64.0 Å². The molecule has 1 aromatic carbocycles. The van der Waals surface area contributed by atoms with Gasteiger partial charge in [-0.2, -0.15) is 0 Å². The molecule has 0 fully saturated rings. The molecular formula is C17H27Br2NO. The predicted octanol–water partition coefficient (Wildman–Crippen LogP) is 5.92. The Morgan fingerprint density at radius 1 is 1.19 bits per heavy atom.